The Labute approximate surface area is 317 Å². The van der Waals surface area contributed by atoms with Crippen molar-refractivity contribution >= 4 is 48.7 Å². The molecule has 0 bridgehead atoms. The van der Waals surface area contributed by atoms with Crippen molar-refractivity contribution in [3.63, 3.8) is 0 Å². The van der Waals surface area contributed by atoms with E-state index in [4.69, 9.17) is 26.8 Å². The van der Waals surface area contributed by atoms with Crippen molar-refractivity contribution in [1.29, 1.82) is 5.26 Å². The van der Waals surface area contributed by atoms with Crippen LogP contribution in [0, 0.1) is 17.2 Å². The highest BCUT2D eigenvalue weighted by atomic mass is 31.2. The van der Waals surface area contributed by atoms with E-state index in [9.17, 15) is 14.9 Å². The van der Waals surface area contributed by atoms with Crippen LogP contribution in [-0.2, 0) is 31.5 Å². The minimum atomic E-state index is -3.15. The van der Waals surface area contributed by atoms with Gasteiger partial charge in [-0.15, -0.1) is 5.10 Å². The van der Waals surface area contributed by atoms with E-state index in [-0.39, 0.29) is 82.8 Å². The van der Waals surface area contributed by atoms with Gasteiger partial charge in [-0.05, 0) is 49.9 Å². The Morgan fingerprint density at radius 2 is 1.62 bits per heavy atom. The van der Waals surface area contributed by atoms with Gasteiger partial charge in [-0.25, -0.2) is 4.67 Å². The van der Waals surface area contributed by atoms with E-state index in [0.29, 0.717) is 0 Å². The molecule has 2 aliphatic rings. The summed E-state index contributed by atoms with van der Waals surface area (Å²) in [5, 5.41) is 20.7. The van der Waals surface area contributed by atoms with Gasteiger partial charge in [0.15, 0.2) is 17.4 Å². The number of carbonyl (C=O) groups is 1. The monoisotopic (exact) mass is 796 g/mol. The summed E-state index contributed by atoms with van der Waals surface area (Å²) in [7, 11) is -7.86. The lowest BCUT2D eigenvalue weighted by molar-refractivity contribution is -0.118. The van der Waals surface area contributed by atoms with Crippen LogP contribution < -0.4 is 10.9 Å². The smallest absolute Gasteiger partial charge is 0.335 e. The predicted molar refractivity (Wildman–Crippen MR) is 207 cm³/mol. The summed E-state index contributed by atoms with van der Waals surface area (Å²) in [4.78, 5) is 33.1. The van der Waals surface area contributed by atoms with Crippen LogP contribution in [-0.4, -0.2) is 96.3 Å². The molecule has 0 aliphatic carbocycles. The van der Waals surface area contributed by atoms with Gasteiger partial charge in [0.25, 0.3) is 14.1 Å². The van der Waals surface area contributed by atoms with E-state index < -0.39 is 55.7 Å². The van der Waals surface area contributed by atoms with Gasteiger partial charge >= 0.3 is 17.1 Å². The molecule has 2 aromatic rings. The highest BCUT2D eigenvalue weighted by Crippen LogP contribution is 2.54. The van der Waals surface area contributed by atoms with E-state index in [1.54, 1.807) is 13.8 Å². The van der Waals surface area contributed by atoms with Crippen molar-refractivity contribution in [2.75, 3.05) is 18.5 Å². The van der Waals surface area contributed by atoms with Crippen LogP contribution in [0.25, 0.3) is 11.2 Å². The molecule has 2 fully saturated rings. The number of nitrogens with one attached hydrogen (secondary N) is 2. The van der Waals surface area contributed by atoms with Gasteiger partial charge in [-0.2, -0.15) is 14.9 Å². The molecule has 2 aromatic heterocycles. The van der Waals surface area contributed by atoms with Gasteiger partial charge in [0.1, 0.15) is 18.3 Å². The van der Waals surface area contributed by atoms with Crippen molar-refractivity contribution in [3.05, 3.63) is 10.4 Å². The number of fused-ring (bicyclic) bond motifs is 2. The zero-order chi connectivity index (χ0) is 39.6. The van der Waals surface area contributed by atoms with Crippen LogP contribution >= 0.6 is 8.53 Å². The molecule has 0 spiro atoms. The molecule has 4 rings (SSSR count). The van der Waals surface area contributed by atoms with Crippen LogP contribution in [0.5, 0.6) is 0 Å². The van der Waals surface area contributed by atoms with Crippen molar-refractivity contribution in [2.45, 2.75) is 162 Å². The molecule has 0 aromatic carbocycles. The fourth-order valence-electron chi connectivity index (χ4n) is 7.16. The summed E-state index contributed by atoms with van der Waals surface area (Å²) in [6.45, 7) is 29.3. The molecule has 1 unspecified atom stereocenters. The molecule has 2 aliphatic heterocycles. The van der Waals surface area contributed by atoms with Gasteiger partial charge in [0.2, 0.25) is 11.9 Å². The van der Waals surface area contributed by atoms with E-state index >= 15 is 0 Å². The normalized spacial score (nSPS) is 23.8. The number of amides is 1. The standard InChI is InChI=1S/C34H61N8O8PSi2/c1-19(2)31(43)37-34-36-30-27(32(44)38-34)39-40-41(30)33-29(48-51(45-17-15-16-35)42(20(3)4)21(5)6)28-26(47-33)18-46-52(22(7)8,23(9)10)50-53(49-28,24(11)12)25(13)14/h19-26,28-29,33H,15,17-18H2,1-14H3,(H2,36,37,38,43,44)/t26-,28-,29-,33-,51?/m1/s1. The predicted octanol–water partition coefficient (Wildman–Crippen LogP) is 6.62. The Hall–Kier alpha value is -2.18. The van der Waals surface area contributed by atoms with Crippen LogP contribution in [0.15, 0.2) is 4.79 Å². The Kier molecular flexibility index (Phi) is 14.6. The van der Waals surface area contributed by atoms with Crippen LogP contribution in [0.4, 0.5) is 5.95 Å². The number of H-pyrrole nitrogens is 1. The number of hydrogen-bond acceptors (Lipinski definition) is 13. The number of rotatable bonds is 15. The first-order valence-electron chi connectivity index (χ1n) is 18.9. The molecular formula is C34H61N8O8PSi2. The van der Waals surface area contributed by atoms with E-state index in [0.717, 1.165) is 0 Å². The van der Waals surface area contributed by atoms with E-state index in [2.05, 4.69) is 119 Å². The Morgan fingerprint density at radius 1 is 1.02 bits per heavy atom. The first-order chi connectivity index (χ1) is 24.8. The Bertz CT molecular complexity index is 1620. The Morgan fingerprint density at radius 3 is 2.15 bits per heavy atom. The molecule has 1 amide bonds. The number of aromatic nitrogens is 5. The lowest BCUT2D eigenvalue weighted by atomic mass is 10.1. The molecule has 298 valence electrons. The average molecular weight is 797 g/mol. The number of carbonyl (C=O) groups excluding carboxylic acids is 1. The second-order valence-electron chi connectivity index (χ2n) is 16.0. The maximum absolute atomic E-state index is 13.3. The molecule has 19 heteroatoms. The summed E-state index contributed by atoms with van der Waals surface area (Å²) < 4.78 is 46.0. The van der Waals surface area contributed by atoms with Gasteiger partial charge in [-0.3, -0.25) is 19.9 Å². The van der Waals surface area contributed by atoms with Crippen LogP contribution in [0.2, 0.25) is 22.2 Å². The van der Waals surface area contributed by atoms with Crippen molar-refractivity contribution in [2.24, 2.45) is 5.92 Å². The molecule has 53 heavy (non-hydrogen) atoms. The fourth-order valence-corrected chi connectivity index (χ4v) is 20.1. The van der Waals surface area contributed by atoms with Crippen molar-refractivity contribution < 1.29 is 31.5 Å². The second-order valence-corrected chi connectivity index (χ2v) is 26.3. The third kappa shape index (κ3) is 8.95. The molecule has 0 radical (unpaired) electrons. The number of nitriles is 1. The first kappa shape index (κ1) is 43.6. The fraction of sp³-hybridized carbons (Fsp3) is 0.824. The summed E-state index contributed by atoms with van der Waals surface area (Å²) in [5.41, 5.74) is -0.192. The second kappa shape index (κ2) is 17.7. The first-order valence-corrected chi connectivity index (χ1v) is 24.0. The van der Waals surface area contributed by atoms with E-state index in [1.807, 2.05) is 0 Å². The van der Waals surface area contributed by atoms with Gasteiger partial charge in [-0.1, -0.05) is 74.5 Å². The Balaban J connectivity index is 1.95. The quantitative estimate of drug-likeness (QED) is 0.111. The molecule has 2 N–H and O–H groups in total. The van der Waals surface area contributed by atoms with Crippen molar-refractivity contribution in [3.8, 4) is 6.07 Å². The largest absolute Gasteiger partial charge is 0.414 e. The third-order valence-corrected chi connectivity index (χ3v) is 22.2. The summed E-state index contributed by atoms with van der Waals surface area (Å²) in [5.74, 6) is -0.708. The minimum absolute atomic E-state index is 0.0210. The highest BCUT2D eigenvalue weighted by Gasteiger charge is 2.63. The van der Waals surface area contributed by atoms with Crippen molar-refractivity contribution in [1.82, 2.24) is 29.6 Å². The lowest BCUT2D eigenvalue weighted by Gasteiger charge is -2.51. The van der Waals surface area contributed by atoms with Gasteiger partial charge in [0, 0.05) is 18.0 Å². The third-order valence-electron chi connectivity index (χ3n) is 9.83. The summed E-state index contributed by atoms with van der Waals surface area (Å²) in [6.07, 6.45) is -3.05. The molecule has 2 saturated heterocycles. The zero-order valence-electron chi connectivity index (χ0n) is 33.9. The summed E-state index contributed by atoms with van der Waals surface area (Å²) >= 11 is 0. The number of ether oxygens (including phenoxy) is 1. The number of hydrogen-bond donors (Lipinski definition) is 2. The summed E-state index contributed by atoms with van der Waals surface area (Å²) in [6, 6.07) is 2.21. The molecule has 0 saturated carbocycles. The molecule has 16 nitrogen and oxygen atoms in total. The highest BCUT2D eigenvalue weighted by molar-refractivity contribution is 7.44. The number of aromatic amines is 1. The van der Waals surface area contributed by atoms with Crippen LogP contribution in [0.1, 0.15) is 110 Å². The number of nitrogens with zero attached hydrogens (tertiary/aromatic N) is 6. The number of anilines is 1. The van der Waals surface area contributed by atoms with E-state index in [1.165, 1.54) is 4.68 Å². The van der Waals surface area contributed by atoms with Gasteiger partial charge in [0.05, 0.1) is 25.7 Å². The average Bonchev–Trinajstić information content (AvgIpc) is 3.61. The maximum Gasteiger partial charge on any atom is 0.335 e. The van der Waals surface area contributed by atoms with Gasteiger partial charge < -0.3 is 26.8 Å². The minimum Gasteiger partial charge on any atom is -0.414 e. The molecule has 5 atom stereocenters. The topological polar surface area (TPSA) is 188 Å². The van der Waals surface area contributed by atoms with Crippen LogP contribution in [0.3, 0.4) is 0 Å². The lowest BCUT2D eigenvalue weighted by Crippen LogP contribution is -2.66. The molecule has 4 heterocycles. The molecular weight excluding hydrogens is 736 g/mol. The maximum atomic E-state index is 13.3. The SMILES string of the molecule is CC(C)C(=O)Nc1nc2c(nnn2[C@@H]2O[C@@H]3CO[Si](C(C)C)(C(C)C)O[Si](C(C)C)(C(C)C)O[C@H]3[C@H]2OP(OCCC#N)N(C(C)C)C(C)C)c(=O)[nH]1. The zero-order valence-corrected chi connectivity index (χ0v) is 36.8.